The number of methoxy groups -OCH3 is 1. The Morgan fingerprint density at radius 3 is 2.35 bits per heavy atom. The van der Waals surface area contributed by atoms with Crippen LogP contribution in [0, 0.1) is 5.82 Å². The van der Waals surface area contributed by atoms with Gasteiger partial charge in [0.1, 0.15) is 11.6 Å². The van der Waals surface area contributed by atoms with Crippen molar-refractivity contribution < 1.29 is 17.5 Å². The molecule has 1 aromatic heterocycles. The van der Waals surface area contributed by atoms with Crippen LogP contribution in [-0.2, 0) is 10.0 Å². The van der Waals surface area contributed by atoms with Gasteiger partial charge in [0.2, 0.25) is 0 Å². The number of rotatable bonds is 6. The van der Waals surface area contributed by atoms with Crippen LogP contribution in [0.15, 0.2) is 71.8 Å². The predicted molar refractivity (Wildman–Crippen MR) is 97.7 cm³/mol. The molecule has 1 heterocycles. The molecule has 0 saturated heterocycles. The zero-order valence-electron chi connectivity index (χ0n) is 13.8. The van der Waals surface area contributed by atoms with Gasteiger partial charge in [-0.15, -0.1) is 0 Å². The van der Waals surface area contributed by atoms with E-state index in [9.17, 15) is 12.8 Å². The highest BCUT2D eigenvalue weighted by atomic mass is 32.2. The number of nitrogens with one attached hydrogen (secondary N) is 2. The number of nitrogens with zero attached hydrogens (tertiary/aromatic N) is 1. The molecule has 0 saturated carbocycles. The van der Waals surface area contributed by atoms with E-state index in [0.29, 0.717) is 5.75 Å². The molecule has 8 heteroatoms. The molecule has 134 valence electrons. The van der Waals surface area contributed by atoms with Crippen molar-refractivity contribution in [3.8, 4) is 5.75 Å². The number of hydrogen-bond acceptors (Lipinski definition) is 5. The zero-order valence-corrected chi connectivity index (χ0v) is 14.6. The zero-order chi connectivity index (χ0) is 18.6. The van der Waals surface area contributed by atoms with Crippen LogP contribution in [0.1, 0.15) is 0 Å². The molecule has 0 aliphatic carbocycles. The first-order valence-electron chi connectivity index (χ1n) is 7.63. The summed E-state index contributed by atoms with van der Waals surface area (Å²) in [6.45, 7) is 0. The standard InChI is InChI=1S/C18H16FN3O3S/c1-25-13-8-10-14(11-9-13)26(23,24)22-17-7-4-12-20-18(17)21-16-6-3-2-5-15(16)19/h2-12,22H,1H3,(H,20,21). The molecule has 2 aromatic carbocycles. The first kappa shape index (κ1) is 17.7. The van der Waals surface area contributed by atoms with Gasteiger partial charge >= 0.3 is 0 Å². The van der Waals surface area contributed by atoms with Crippen LogP contribution < -0.4 is 14.8 Å². The summed E-state index contributed by atoms with van der Waals surface area (Å²) >= 11 is 0. The third-order valence-corrected chi connectivity index (χ3v) is 4.93. The fraction of sp³-hybridized carbons (Fsp3) is 0.0556. The van der Waals surface area contributed by atoms with Gasteiger partial charge in [-0.3, -0.25) is 4.72 Å². The van der Waals surface area contributed by atoms with Gasteiger partial charge in [-0.2, -0.15) is 0 Å². The number of halogens is 1. The molecule has 2 N–H and O–H groups in total. The molecule has 0 atom stereocenters. The summed E-state index contributed by atoms with van der Waals surface area (Å²) in [5.74, 6) is 0.268. The molecule has 26 heavy (non-hydrogen) atoms. The number of para-hydroxylation sites is 1. The third-order valence-electron chi connectivity index (χ3n) is 3.55. The fourth-order valence-corrected chi connectivity index (χ4v) is 3.30. The minimum Gasteiger partial charge on any atom is -0.497 e. The van der Waals surface area contributed by atoms with Gasteiger partial charge in [0, 0.05) is 6.20 Å². The van der Waals surface area contributed by atoms with Gasteiger partial charge in [-0.25, -0.2) is 17.8 Å². The maximum Gasteiger partial charge on any atom is 0.262 e. The number of benzene rings is 2. The number of sulfonamides is 1. The normalized spacial score (nSPS) is 11.0. The van der Waals surface area contributed by atoms with Crippen LogP contribution >= 0.6 is 0 Å². The Kier molecular flexibility index (Phi) is 5.04. The van der Waals surface area contributed by atoms with Crippen molar-refractivity contribution in [2.45, 2.75) is 4.90 Å². The van der Waals surface area contributed by atoms with E-state index in [1.54, 1.807) is 30.3 Å². The smallest absolute Gasteiger partial charge is 0.262 e. The van der Waals surface area contributed by atoms with Crippen molar-refractivity contribution in [2.75, 3.05) is 17.1 Å². The van der Waals surface area contributed by atoms with Crippen molar-refractivity contribution >= 4 is 27.2 Å². The van der Waals surface area contributed by atoms with Gasteiger partial charge in [-0.1, -0.05) is 12.1 Å². The second-order valence-electron chi connectivity index (χ2n) is 5.29. The molecule has 6 nitrogen and oxygen atoms in total. The van der Waals surface area contributed by atoms with E-state index in [0.717, 1.165) is 0 Å². The molecule has 0 aliphatic rings. The molecule has 0 unspecified atom stereocenters. The van der Waals surface area contributed by atoms with E-state index in [1.165, 1.54) is 43.6 Å². The van der Waals surface area contributed by atoms with Crippen molar-refractivity contribution in [3.05, 3.63) is 72.7 Å². The largest absolute Gasteiger partial charge is 0.497 e. The molecule has 0 radical (unpaired) electrons. The van der Waals surface area contributed by atoms with Gasteiger partial charge < -0.3 is 10.1 Å². The Morgan fingerprint density at radius 1 is 0.962 bits per heavy atom. The van der Waals surface area contributed by atoms with E-state index in [2.05, 4.69) is 15.0 Å². The molecule has 0 bridgehead atoms. The molecule has 0 amide bonds. The minimum absolute atomic E-state index is 0.0685. The summed E-state index contributed by atoms with van der Waals surface area (Å²) in [5.41, 5.74) is 0.391. The van der Waals surface area contributed by atoms with E-state index in [4.69, 9.17) is 4.74 Å². The maximum atomic E-state index is 13.8. The molecule has 3 aromatic rings. The van der Waals surface area contributed by atoms with Gasteiger partial charge in [0.25, 0.3) is 10.0 Å². The summed E-state index contributed by atoms with van der Waals surface area (Å²) in [6.07, 6.45) is 1.48. The Hall–Kier alpha value is -3.13. The van der Waals surface area contributed by atoms with Crippen LogP contribution in [0.5, 0.6) is 5.75 Å². The lowest BCUT2D eigenvalue weighted by Crippen LogP contribution is -2.14. The monoisotopic (exact) mass is 373 g/mol. The van der Waals surface area contributed by atoms with Crippen LogP contribution in [0.2, 0.25) is 0 Å². The molecular weight excluding hydrogens is 357 g/mol. The lowest BCUT2D eigenvalue weighted by molar-refractivity contribution is 0.414. The second kappa shape index (κ2) is 7.40. The average molecular weight is 373 g/mol. The van der Waals surface area contributed by atoms with Crippen LogP contribution in [-0.4, -0.2) is 20.5 Å². The number of anilines is 3. The highest BCUT2D eigenvalue weighted by Gasteiger charge is 2.17. The summed E-state index contributed by atoms with van der Waals surface area (Å²) in [4.78, 5) is 4.16. The van der Waals surface area contributed by atoms with Crippen molar-refractivity contribution in [1.82, 2.24) is 4.98 Å². The lowest BCUT2D eigenvalue weighted by atomic mass is 10.3. The first-order chi connectivity index (χ1) is 12.5. The molecule has 0 fully saturated rings. The lowest BCUT2D eigenvalue weighted by Gasteiger charge is -2.13. The molecule has 0 aliphatic heterocycles. The van der Waals surface area contributed by atoms with E-state index in [1.807, 2.05) is 0 Å². The Labute approximate surface area is 150 Å². The fourth-order valence-electron chi connectivity index (χ4n) is 2.24. The Morgan fingerprint density at radius 2 is 1.65 bits per heavy atom. The van der Waals surface area contributed by atoms with E-state index in [-0.39, 0.29) is 22.1 Å². The number of pyridine rings is 1. The highest BCUT2D eigenvalue weighted by Crippen LogP contribution is 2.27. The molecule has 3 rings (SSSR count). The minimum atomic E-state index is -3.84. The molecule has 0 spiro atoms. The number of ether oxygens (including phenoxy) is 1. The first-order valence-corrected chi connectivity index (χ1v) is 9.11. The predicted octanol–water partition coefficient (Wildman–Crippen LogP) is 3.77. The maximum absolute atomic E-state index is 13.8. The van der Waals surface area contributed by atoms with E-state index < -0.39 is 15.8 Å². The van der Waals surface area contributed by atoms with Gasteiger partial charge in [-0.05, 0) is 48.5 Å². The summed E-state index contributed by atoms with van der Waals surface area (Å²) in [7, 11) is -2.34. The average Bonchev–Trinajstić information content (AvgIpc) is 2.65. The quantitative estimate of drug-likeness (QED) is 0.687. The third kappa shape index (κ3) is 3.92. The van der Waals surface area contributed by atoms with Crippen LogP contribution in [0.3, 0.4) is 0 Å². The van der Waals surface area contributed by atoms with Crippen LogP contribution in [0.25, 0.3) is 0 Å². The summed E-state index contributed by atoms with van der Waals surface area (Å²) < 4.78 is 46.5. The SMILES string of the molecule is COc1ccc(S(=O)(=O)Nc2cccnc2Nc2ccccc2F)cc1. The van der Waals surface area contributed by atoms with Crippen LogP contribution in [0.4, 0.5) is 21.6 Å². The summed E-state index contributed by atoms with van der Waals surface area (Å²) in [5, 5.41) is 2.80. The van der Waals surface area contributed by atoms with Gasteiger partial charge in [0.05, 0.1) is 23.4 Å². The topological polar surface area (TPSA) is 80.3 Å². The van der Waals surface area contributed by atoms with Crippen molar-refractivity contribution in [3.63, 3.8) is 0 Å². The van der Waals surface area contributed by atoms with E-state index >= 15 is 0 Å². The highest BCUT2D eigenvalue weighted by molar-refractivity contribution is 7.92. The number of aromatic nitrogens is 1. The van der Waals surface area contributed by atoms with Crippen molar-refractivity contribution in [1.29, 1.82) is 0 Å². The second-order valence-corrected chi connectivity index (χ2v) is 6.97. The van der Waals surface area contributed by atoms with Crippen molar-refractivity contribution in [2.24, 2.45) is 0 Å². The van der Waals surface area contributed by atoms with Gasteiger partial charge in [0.15, 0.2) is 5.82 Å². The Balaban J connectivity index is 1.89. The summed E-state index contributed by atoms with van der Waals surface area (Å²) in [6, 6.07) is 15.1. The molecular formula is C18H16FN3O3S. The Bertz CT molecular complexity index is 1010. The number of hydrogen-bond donors (Lipinski definition) is 2.